The topological polar surface area (TPSA) is 29.3 Å². The Morgan fingerprint density at radius 1 is 1.05 bits per heavy atom. The standard InChI is InChI=1S/C17H34N2/c1-4-14-8-10-16(11-9-14)19(3)17(13-18)12-6-7-15(17)5-2/h14-16H,4-13,18H2,1-3H3. The molecule has 19 heavy (non-hydrogen) atoms. The minimum Gasteiger partial charge on any atom is -0.329 e. The number of rotatable bonds is 5. The van der Waals surface area contributed by atoms with E-state index in [4.69, 9.17) is 5.73 Å². The Morgan fingerprint density at radius 2 is 1.74 bits per heavy atom. The smallest absolute Gasteiger partial charge is 0.0359 e. The molecule has 2 aliphatic carbocycles. The summed E-state index contributed by atoms with van der Waals surface area (Å²) in [6.07, 6.45) is 12.4. The van der Waals surface area contributed by atoms with Crippen LogP contribution >= 0.6 is 0 Å². The predicted molar refractivity (Wildman–Crippen MR) is 83.2 cm³/mol. The SMILES string of the molecule is CCC1CCC(N(C)C2(CN)CCCC2CC)CC1. The van der Waals surface area contributed by atoms with E-state index in [1.165, 1.54) is 57.8 Å². The molecule has 2 saturated carbocycles. The molecule has 0 aromatic carbocycles. The van der Waals surface area contributed by atoms with Crippen LogP contribution in [0.1, 0.15) is 71.6 Å². The highest BCUT2D eigenvalue weighted by Crippen LogP contribution is 2.44. The van der Waals surface area contributed by atoms with Gasteiger partial charge in [0.1, 0.15) is 0 Å². The van der Waals surface area contributed by atoms with Crippen molar-refractivity contribution in [1.29, 1.82) is 0 Å². The van der Waals surface area contributed by atoms with Crippen molar-refractivity contribution < 1.29 is 0 Å². The second-order valence-corrected chi connectivity index (χ2v) is 7.00. The van der Waals surface area contributed by atoms with E-state index in [0.717, 1.165) is 24.4 Å². The van der Waals surface area contributed by atoms with E-state index >= 15 is 0 Å². The van der Waals surface area contributed by atoms with Gasteiger partial charge in [-0.15, -0.1) is 0 Å². The lowest BCUT2D eigenvalue weighted by molar-refractivity contribution is 0.0203. The predicted octanol–water partition coefficient (Wildman–Crippen LogP) is 3.79. The van der Waals surface area contributed by atoms with Crippen LogP contribution in [0, 0.1) is 11.8 Å². The van der Waals surface area contributed by atoms with Gasteiger partial charge in [0, 0.05) is 18.1 Å². The summed E-state index contributed by atoms with van der Waals surface area (Å²) in [6, 6.07) is 0.790. The molecular formula is C17H34N2. The van der Waals surface area contributed by atoms with Crippen molar-refractivity contribution >= 4 is 0 Å². The van der Waals surface area contributed by atoms with Gasteiger partial charge >= 0.3 is 0 Å². The number of likely N-dealkylation sites (N-methyl/N-ethyl adjacent to an activating group) is 1. The Hall–Kier alpha value is -0.0800. The first-order valence-electron chi connectivity index (χ1n) is 8.61. The molecule has 0 saturated heterocycles. The third-order valence-electron chi connectivity index (χ3n) is 6.41. The lowest BCUT2D eigenvalue weighted by Gasteiger charge is -2.48. The summed E-state index contributed by atoms with van der Waals surface area (Å²) in [7, 11) is 2.37. The molecule has 2 unspecified atom stereocenters. The summed E-state index contributed by atoms with van der Waals surface area (Å²) in [4.78, 5) is 2.72. The molecule has 2 atom stereocenters. The molecule has 2 nitrogen and oxygen atoms in total. The third-order valence-corrected chi connectivity index (χ3v) is 6.41. The van der Waals surface area contributed by atoms with E-state index < -0.39 is 0 Å². The molecule has 0 bridgehead atoms. The van der Waals surface area contributed by atoms with E-state index in [9.17, 15) is 0 Å². The highest BCUT2D eigenvalue weighted by Gasteiger charge is 2.46. The molecule has 0 aromatic heterocycles. The van der Waals surface area contributed by atoms with Crippen molar-refractivity contribution in [2.45, 2.75) is 83.2 Å². The van der Waals surface area contributed by atoms with Gasteiger partial charge in [-0.2, -0.15) is 0 Å². The van der Waals surface area contributed by atoms with Crippen molar-refractivity contribution in [3.05, 3.63) is 0 Å². The second kappa shape index (κ2) is 6.58. The maximum absolute atomic E-state index is 6.25. The highest BCUT2D eigenvalue weighted by molar-refractivity contribution is 5.02. The average molecular weight is 266 g/mol. The number of nitrogens with two attached hydrogens (primary N) is 1. The number of nitrogens with zero attached hydrogens (tertiary/aromatic N) is 1. The fourth-order valence-corrected chi connectivity index (χ4v) is 4.89. The van der Waals surface area contributed by atoms with E-state index in [0.29, 0.717) is 5.54 Å². The van der Waals surface area contributed by atoms with Crippen LogP contribution in [-0.2, 0) is 0 Å². The van der Waals surface area contributed by atoms with E-state index in [-0.39, 0.29) is 0 Å². The molecule has 112 valence electrons. The Labute approximate surface area is 120 Å². The quantitative estimate of drug-likeness (QED) is 0.820. The van der Waals surface area contributed by atoms with Crippen molar-refractivity contribution in [3.63, 3.8) is 0 Å². The lowest BCUT2D eigenvalue weighted by atomic mass is 9.78. The van der Waals surface area contributed by atoms with Crippen LogP contribution in [0.2, 0.25) is 0 Å². The molecule has 0 aromatic rings. The van der Waals surface area contributed by atoms with Crippen LogP contribution in [-0.4, -0.2) is 30.1 Å². The maximum atomic E-state index is 6.25. The van der Waals surface area contributed by atoms with Gasteiger partial charge in [0.15, 0.2) is 0 Å². The van der Waals surface area contributed by atoms with Gasteiger partial charge in [-0.1, -0.05) is 33.1 Å². The van der Waals surface area contributed by atoms with Gasteiger partial charge < -0.3 is 5.73 Å². The normalized spacial score (nSPS) is 39.9. The summed E-state index contributed by atoms with van der Waals surface area (Å²) in [5, 5.41) is 0. The summed E-state index contributed by atoms with van der Waals surface area (Å²) in [5.74, 6) is 1.82. The second-order valence-electron chi connectivity index (χ2n) is 7.00. The van der Waals surface area contributed by atoms with Crippen LogP contribution in [0.3, 0.4) is 0 Å². The zero-order valence-electron chi connectivity index (χ0n) is 13.3. The van der Waals surface area contributed by atoms with E-state index in [1.54, 1.807) is 0 Å². The van der Waals surface area contributed by atoms with Crippen molar-refractivity contribution in [2.24, 2.45) is 17.6 Å². The minimum atomic E-state index is 0.318. The molecule has 2 rings (SSSR count). The van der Waals surface area contributed by atoms with Gasteiger partial charge in [-0.25, -0.2) is 0 Å². The molecule has 2 heteroatoms. The number of hydrogen-bond donors (Lipinski definition) is 1. The molecule has 2 N–H and O–H groups in total. The fourth-order valence-electron chi connectivity index (χ4n) is 4.89. The zero-order chi connectivity index (χ0) is 13.9. The van der Waals surface area contributed by atoms with Gasteiger partial charge in [-0.3, -0.25) is 4.90 Å². The highest BCUT2D eigenvalue weighted by atomic mass is 15.2. The molecular weight excluding hydrogens is 232 g/mol. The molecule has 0 radical (unpaired) electrons. The molecule has 0 heterocycles. The largest absolute Gasteiger partial charge is 0.329 e. The minimum absolute atomic E-state index is 0.318. The van der Waals surface area contributed by atoms with Gasteiger partial charge in [0.05, 0.1) is 0 Å². The van der Waals surface area contributed by atoms with Crippen molar-refractivity contribution in [2.75, 3.05) is 13.6 Å². The lowest BCUT2D eigenvalue weighted by Crippen LogP contribution is -2.58. The van der Waals surface area contributed by atoms with Crippen LogP contribution in [0.4, 0.5) is 0 Å². The van der Waals surface area contributed by atoms with Gasteiger partial charge in [-0.05, 0) is 57.4 Å². The summed E-state index contributed by atoms with van der Waals surface area (Å²) in [6.45, 7) is 5.55. The van der Waals surface area contributed by atoms with Crippen LogP contribution in [0.25, 0.3) is 0 Å². The summed E-state index contributed by atoms with van der Waals surface area (Å²) in [5.41, 5.74) is 6.57. The Bertz CT molecular complexity index is 270. The molecule has 2 aliphatic rings. The van der Waals surface area contributed by atoms with Crippen LogP contribution < -0.4 is 5.73 Å². The fraction of sp³-hybridized carbons (Fsp3) is 1.00. The van der Waals surface area contributed by atoms with Gasteiger partial charge in [0.2, 0.25) is 0 Å². The molecule has 2 fully saturated rings. The monoisotopic (exact) mass is 266 g/mol. The van der Waals surface area contributed by atoms with Crippen LogP contribution in [0.5, 0.6) is 0 Å². The van der Waals surface area contributed by atoms with E-state index in [1.807, 2.05) is 0 Å². The summed E-state index contributed by atoms with van der Waals surface area (Å²) >= 11 is 0. The number of hydrogen-bond acceptors (Lipinski definition) is 2. The molecule has 0 aliphatic heterocycles. The van der Waals surface area contributed by atoms with Crippen LogP contribution in [0.15, 0.2) is 0 Å². The third kappa shape index (κ3) is 2.85. The van der Waals surface area contributed by atoms with E-state index in [2.05, 4.69) is 25.8 Å². The Kier molecular flexibility index (Phi) is 5.30. The zero-order valence-corrected chi connectivity index (χ0v) is 13.3. The molecule has 0 spiro atoms. The van der Waals surface area contributed by atoms with Crippen molar-refractivity contribution in [3.8, 4) is 0 Å². The Balaban J connectivity index is 2.03. The first-order valence-corrected chi connectivity index (χ1v) is 8.61. The maximum Gasteiger partial charge on any atom is 0.0359 e. The average Bonchev–Trinajstić information content (AvgIpc) is 2.90. The van der Waals surface area contributed by atoms with Gasteiger partial charge in [0.25, 0.3) is 0 Å². The van der Waals surface area contributed by atoms with Crippen molar-refractivity contribution in [1.82, 2.24) is 4.90 Å². The first-order chi connectivity index (χ1) is 9.17. The summed E-state index contributed by atoms with van der Waals surface area (Å²) < 4.78 is 0. The first kappa shape index (κ1) is 15.3. The Morgan fingerprint density at radius 3 is 2.26 bits per heavy atom. The molecule has 0 amide bonds.